The van der Waals surface area contributed by atoms with Gasteiger partial charge in [0.25, 0.3) is 0 Å². The van der Waals surface area contributed by atoms with Crippen molar-refractivity contribution in [1.82, 2.24) is 0 Å². The second-order valence-corrected chi connectivity index (χ2v) is 4.13. The summed E-state index contributed by atoms with van der Waals surface area (Å²) in [7, 11) is 0. The summed E-state index contributed by atoms with van der Waals surface area (Å²) < 4.78 is 0. The van der Waals surface area contributed by atoms with Crippen molar-refractivity contribution in [2.24, 2.45) is 0 Å². The highest BCUT2D eigenvalue weighted by Crippen LogP contribution is 2.17. The van der Waals surface area contributed by atoms with Crippen LogP contribution in [0.1, 0.15) is 16.7 Å². The quantitative estimate of drug-likeness (QED) is 0.707. The van der Waals surface area contributed by atoms with Crippen LogP contribution in [0.3, 0.4) is 0 Å². The molecule has 0 aliphatic heterocycles. The normalized spacial score (nSPS) is 10.1. The largest absolute Gasteiger partial charge is 0.0949 e. The molecule has 0 heteroatoms. The van der Waals surface area contributed by atoms with E-state index >= 15 is 0 Å². The molecule has 80 valence electrons. The van der Waals surface area contributed by atoms with Gasteiger partial charge < -0.3 is 0 Å². The Hall–Kier alpha value is -1.82. The first kappa shape index (κ1) is 10.7. The fourth-order valence-corrected chi connectivity index (χ4v) is 1.73. The average Bonchev–Trinajstić information content (AvgIpc) is 2.33. The standard InChI is InChI=1S/C16H16/c1-13-8-10-15(11-9-13)12-14(2)16-6-4-3-5-7-16/h3-11H,2,12H2,1H3. The molecule has 0 nitrogen and oxygen atoms in total. The summed E-state index contributed by atoms with van der Waals surface area (Å²) in [5, 5.41) is 0. The molecule has 0 aromatic heterocycles. The van der Waals surface area contributed by atoms with Crippen molar-refractivity contribution in [3.05, 3.63) is 77.9 Å². The van der Waals surface area contributed by atoms with E-state index in [-0.39, 0.29) is 0 Å². The van der Waals surface area contributed by atoms with Crippen LogP contribution in [0.2, 0.25) is 0 Å². The molecule has 0 atom stereocenters. The zero-order valence-corrected chi connectivity index (χ0v) is 9.61. The number of aryl methyl sites for hydroxylation is 1. The van der Waals surface area contributed by atoms with Gasteiger partial charge in [0.2, 0.25) is 0 Å². The first-order valence-corrected chi connectivity index (χ1v) is 5.54. The predicted octanol–water partition coefficient (Wildman–Crippen LogP) is 4.25. The lowest BCUT2D eigenvalue weighted by molar-refractivity contribution is 1.27. The van der Waals surface area contributed by atoms with Crippen molar-refractivity contribution in [3.8, 4) is 0 Å². The summed E-state index contributed by atoms with van der Waals surface area (Å²) in [4.78, 5) is 0. The van der Waals surface area contributed by atoms with E-state index in [0.29, 0.717) is 0 Å². The molecule has 0 saturated carbocycles. The average molecular weight is 208 g/mol. The summed E-state index contributed by atoms with van der Waals surface area (Å²) >= 11 is 0. The molecule has 0 bridgehead atoms. The van der Waals surface area contributed by atoms with E-state index in [1.165, 1.54) is 22.3 Å². The summed E-state index contributed by atoms with van der Waals surface area (Å²) in [5.74, 6) is 0. The van der Waals surface area contributed by atoms with Crippen LogP contribution in [-0.2, 0) is 6.42 Å². The van der Waals surface area contributed by atoms with E-state index in [1.54, 1.807) is 0 Å². The second kappa shape index (κ2) is 4.80. The van der Waals surface area contributed by atoms with Gasteiger partial charge in [-0.1, -0.05) is 66.7 Å². The van der Waals surface area contributed by atoms with Crippen LogP contribution in [0.4, 0.5) is 0 Å². The van der Waals surface area contributed by atoms with Crippen molar-refractivity contribution in [2.75, 3.05) is 0 Å². The molecule has 0 aliphatic carbocycles. The topological polar surface area (TPSA) is 0 Å². The molecule has 0 unspecified atom stereocenters. The number of allylic oxidation sites excluding steroid dienone is 1. The summed E-state index contributed by atoms with van der Waals surface area (Å²) in [6.45, 7) is 6.25. The molecular weight excluding hydrogens is 192 g/mol. The Morgan fingerprint density at radius 1 is 0.938 bits per heavy atom. The van der Waals surface area contributed by atoms with Crippen molar-refractivity contribution in [1.29, 1.82) is 0 Å². The van der Waals surface area contributed by atoms with Crippen molar-refractivity contribution in [2.45, 2.75) is 13.3 Å². The lowest BCUT2D eigenvalue weighted by Crippen LogP contribution is -1.89. The van der Waals surface area contributed by atoms with E-state index in [1.807, 2.05) is 6.07 Å². The van der Waals surface area contributed by atoms with E-state index in [0.717, 1.165) is 6.42 Å². The van der Waals surface area contributed by atoms with Crippen molar-refractivity contribution >= 4 is 5.57 Å². The lowest BCUT2D eigenvalue weighted by Gasteiger charge is -2.06. The van der Waals surface area contributed by atoms with Gasteiger partial charge in [-0.15, -0.1) is 0 Å². The van der Waals surface area contributed by atoms with Gasteiger partial charge in [-0.05, 0) is 30.0 Å². The number of benzene rings is 2. The minimum Gasteiger partial charge on any atom is -0.0949 e. The zero-order chi connectivity index (χ0) is 11.4. The van der Waals surface area contributed by atoms with Gasteiger partial charge in [-0.3, -0.25) is 0 Å². The molecule has 0 saturated heterocycles. The lowest BCUT2D eigenvalue weighted by atomic mass is 9.99. The molecule has 16 heavy (non-hydrogen) atoms. The molecular formula is C16H16. The highest BCUT2D eigenvalue weighted by molar-refractivity contribution is 5.65. The zero-order valence-electron chi connectivity index (χ0n) is 9.61. The Morgan fingerprint density at radius 3 is 2.19 bits per heavy atom. The maximum absolute atomic E-state index is 4.14. The maximum Gasteiger partial charge on any atom is -0.00257 e. The van der Waals surface area contributed by atoms with E-state index in [2.05, 4.69) is 62.0 Å². The van der Waals surface area contributed by atoms with Gasteiger partial charge in [0.05, 0.1) is 0 Å². The van der Waals surface area contributed by atoms with E-state index in [9.17, 15) is 0 Å². The fourth-order valence-electron chi connectivity index (χ4n) is 1.73. The van der Waals surface area contributed by atoms with Gasteiger partial charge in [0.1, 0.15) is 0 Å². The Labute approximate surface area is 97.3 Å². The van der Waals surface area contributed by atoms with Crippen LogP contribution in [0.15, 0.2) is 61.2 Å². The van der Waals surface area contributed by atoms with Crippen molar-refractivity contribution < 1.29 is 0 Å². The van der Waals surface area contributed by atoms with Gasteiger partial charge in [0, 0.05) is 0 Å². The van der Waals surface area contributed by atoms with E-state index in [4.69, 9.17) is 0 Å². The first-order valence-electron chi connectivity index (χ1n) is 5.54. The van der Waals surface area contributed by atoms with Crippen LogP contribution in [0.5, 0.6) is 0 Å². The fraction of sp³-hybridized carbons (Fsp3) is 0.125. The number of rotatable bonds is 3. The smallest absolute Gasteiger partial charge is 0.00257 e. The molecule has 2 rings (SSSR count). The molecule has 0 spiro atoms. The SMILES string of the molecule is C=C(Cc1ccc(C)cc1)c1ccccc1. The molecule has 0 radical (unpaired) electrons. The third-order valence-corrected chi connectivity index (χ3v) is 2.72. The van der Waals surface area contributed by atoms with Crippen LogP contribution in [-0.4, -0.2) is 0 Å². The Morgan fingerprint density at radius 2 is 1.56 bits per heavy atom. The molecule has 0 amide bonds. The van der Waals surface area contributed by atoms with Gasteiger partial charge in [-0.25, -0.2) is 0 Å². The predicted molar refractivity (Wildman–Crippen MR) is 70.4 cm³/mol. The number of hydrogen-bond acceptors (Lipinski definition) is 0. The second-order valence-electron chi connectivity index (χ2n) is 4.13. The van der Waals surface area contributed by atoms with Gasteiger partial charge in [-0.2, -0.15) is 0 Å². The number of hydrogen-bond donors (Lipinski definition) is 0. The summed E-state index contributed by atoms with van der Waals surface area (Å²) in [5.41, 5.74) is 5.01. The Balaban J connectivity index is 2.11. The highest BCUT2D eigenvalue weighted by atomic mass is 14.0. The first-order chi connectivity index (χ1) is 7.75. The summed E-state index contributed by atoms with van der Waals surface area (Å²) in [6.07, 6.45) is 0.921. The van der Waals surface area contributed by atoms with Crippen LogP contribution < -0.4 is 0 Å². The maximum atomic E-state index is 4.14. The highest BCUT2D eigenvalue weighted by Gasteiger charge is 1.99. The van der Waals surface area contributed by atoms with Gasteiger partial charge >= 0.3 is 0 Å². The third kappa shape index (κ3) is 2.60. The van der Waals surface area contributed by atoms with Crippen LogP contribution >= 0.6 is 0 Å². The molecule has 0 fully saturated rings. The minimum absolute atomic E-state index is 0.921. The molecule has 2 aromatic rings. The minimum atomic E-state index is 0.921. The van der Waals surface area contributed by atoms with Crippen molar-refractivity contribution in [3.63, 3.8) is 0 Å². The van der Waals surface area contributed by atoms with Gasteiger partial charge in [0.15, 0.2) is 0 Å². The molecule has 0 heterocycles. The summed E-state index contributed by atoms with van der Waals surface area (Å²) in [6, 6.07) is 19.0. The Bertz CT molecular complexity index is 463. The van der Waals surface area contributed by atoms with Crippen LogP contribution in [0, 0.1) is 6.92 Å². The monoisotopic (exact) mass is 208 g/mol. The molecule has 0 N–H and O–H groups in total. The molecule has 2 aromatic carbocycles. The van der Waals surface area contributed by atoms with E-state index < -0.39 is 0 Å². The van der Waals surface area contributed by atoms with Crippen LogP contribution in [0.25, 0.3) is 5.57 Å². The molecule has 0 aliphatic rings. The third-order valence-electron chi connectivity index (χ3n) is 2.72. The Kier molecular flexibility index (Phi) is 3.21.